The van der Waals surface area contributed by atoms with E-state index >= 15 is 0 Å². The molecule has 0 aliphatic carbocycles. The highest BCUT2D eigenvalue weighted by molar-refractivity contribution is 5.83. The molecule has 0 heterocycles. The van der Waals surface area contributed by atoms with E-state index < -0.39 is 24.7 Å². The summed E-state index contributed by atoms with van der Waals surface area (Å²) >= 11 is 0. The summed E-state index contributed by atoms with van der Waals surface area (Å²) in [6, 6.07) is -0.938. The number of rotatable bonds is 5. The topological polar surface area (TPSA) is 61.4 Å². The fourth-order valence-corrected chi connectivity index (χ4v) is 0.972. The van der Waals surface area contributed by atoms with Gasteiger partial charge in [-0.2, -0.15) is 13.2 Å². The molecule has 0 rings (SSSR count). The predicted octanol–water partition coefficient (Wildman–Crippen LogP) is 0.962. The van der Waals surface area contributed by atoms with Gasteiger partial charge in [0.1, 0.15) is 13.1 Å². The van der Waals surface area contributed by atoms with Crippen LogP contribution in [0.1, 0.15) is 13.8 Å². The second kappa shape index (κ2) is 7.07. The third-order valence-corrected chi connectivity index (χ3v) is 1.88. The van der Waals surface area contributed by atoms with Gasteiger partial charge in [0, 0.05) is 13.6 Å². The standard InChI is InChI=1S/C10H18F3N3O2/c1-7(2)4-14-8(17)5-16(3)9(18)15-6-10(11,12)13/h7H,4-6H2,1-3H3,(H,14,17)(H,15,18). The second-order valence-corrected chi connectivity index (χ2v) is 4.33. The lowest BCUT2D eigenvalue weighted by Gasteiger charge is -2.18. The number of halogens is 3. The lowest BCUT2D eigenvalue weighted by atomic mass is 10.2. The van der Waals surface area contributed by atoms with Gasteiger partial charge in [0.15, 0.2) is 0 Å². The molecule has 5 nitrogen and oxygen atoms in total. The van der Waals surface area contributed by atoms with Gasteiger partial charge >= 0.3 is 12.2 Å². The molecule has 0 saturated heterocycles. The molecule has 0 aromatic heterocycles. The van der Waals surface area contributed by atoms with E-state index in [0.29, 0.717) is 6.54 Å². The summed E-state index contributed by atoms with van der Waals surface area (Å²) in [5, 5.41) is 4.23. The average molecular weight is 269 g/mol. The van der Waals surface area contributed by atoms with Crippen molar-refractivity contribution in [2.75, 3.05) is 26.7 Å². The predicted molar refractivity (Wildman–Crippen MR) is 59.9 cm³/mol. The van der Waals surface area contributed by atoms with Crippen molar-refractivity contribution in [3.05, 3.63) is 0 Å². The van der Waals surface area contributed by atoms with Crippen molar-refractivity contribution in [3.63, 3.8) is 0 Å². The van der Waals surface area contributed by atoms with Gasteiger partial charge < -0.3 is 15.5 Å². The van der Waals surface area contributed by atoms with Gasteiger partial charge in [-0.3, -0.25) is 4.79 Å². The van der Waals surface area contributed by atoms with Crippen LogP contribution in [-0.2, 0) is 4.79 Å². The molecule has 0 radical (unpaired) electrons. The first-order valence-corrected chi connectivity index (χ1v) is 5.44. The lowest BCUT2D eigenvalue weighted by molar-refractivity contribution is -0.123. The number of nitrogens with zero attached hydrogens (tertiary/aromatic N) is 1. The Bertz CT molecular complexity index is 293. The van der Waals surface area contributed by atoms with Gasteiger partial charge in [-0.15, -0.1) is 0 Å². The summed E-state index contributed by atoms with van der Waals surface area (Å²) in [4.78, 5) is 23.4. The van der Waals surface area contributed by atoms with Crippen LogP contribution in [0.25, 0.3) is 0 Å². The van der Waals surface area contributed by atoms with E-state index in [9.17, 15) is 22.8 Å². The summed E-state index contributed by atoms with van der Waals surface area (Å²) in [7, 11) is 1.25. The molecule has 0 aromatic carbocycles. The van der Waals surface area contributed by atoms with E-state index in [4.69, 9.17) is 0 Å². The zero-order valence-electron chi connectivity index (χ0n) is 10.6. The summed E-state index contributed by atoms with van der Waals surface area (Å²) in [5.41, 5.74) is 0. The van der Waals surface area contributed by atoms with Gasteiger partial charge in [0.25, 0.3) is 0 Å². The Kier molecular flexibility index (Phi) is 6.50. The average Bonchev–Trinajstić information content (AvgIpc) is 2.21. The van der Waals surface area contributed by atoms with Crippen LogP contribution in [0, 0.1) is 5.92 Å². The number of carbonyl (C=O) groups is 2. The Hall–Kier alpha value is -1.47. The van der Waals surface area contributed by atoms with E-state index in [1.807, 2.05) is 13.8 Å². The van der Waals surface area contributed by atoms with Crippen LogP contribution in [0.4, 0.5) is 18.0 Å². The summed E-state index contributed by atoms with van der Waals surface area (Å²) < 4.78 is 35.5. The number of likely N-dealkylation sites (N-methyl/N-ethyl adjacent to an activating group) is 1. The number of urea groups is 1. The van der Waals surface area contributed by atoms with Crippen LogP contribution < -0.4 is 10.6 Å². The first-order valence-electron chi connectivity index (χ1n) is 5.44. The third kappa shape index (κ3) is 8.66. The van der Waals surface area contributed by atoms with Gasteiger partial charge in [-0.25, -0.2) is 4.79 Å². The van der Waals surface area contributed by atoms with Crippen molar-refractivity contribution in [3.8, 4) is 0 Å². The van der Waals surface area contributed by atoms with Crippen molar-refractivity contribution in [1.29, 1.82) is 0 Å². The molecule has 0 unspecified atom stereocenters. The van der Waals surface area contributed by atoms with Gasteiger partial charge in [-0.1, -0.05) is 13.8 Å². The zero-order valence-corrected chi connectivity index (χ0v) is 10.6. The van der Waals surface area contributed by atoms with Crippen LogP contribution in [0.15, 0.2) is 0 Å². The van der Waals surface area contributed by atoms with Crippen molar-refractivity contribution in [1.82, 2.24) is 15.5 Å². The molecule has 0 bridgehead atoms. The van der Waals surface area contributed by atoms with Crippen molar-refractivity contribution in [2.45, 2.75) is 20.0 Å². The third-order valence-electron chi connectivity index (χ3n) is 1.88. The molecule has 3 amide bonds. The Morgan fingerprint density at radius 2 is 1.78 bits per heavy atom. The number of amides is 3. The van der Waals surface area contributed by atoms with Gasteiger partial charge in [0.2, 0.25) is 5.91 Å². The van der Waals surface area contributed by atoms with Crippen LogP contribution in [-0.4, -0.2) is 49.7 Å². The van der Waals surface area contributed by atoms with E-state index in [0.717, 1.165) is 4.90 Å². The fourth-order valence-electron chi connectivity index (χ4n) is 0.972. The molecule has 0 spiro atoms. The van der Waals surface area contributed by atoms with Crippen molar-refractivity contribution in [2.24, 2.45) is 5.92 Å². The molecule has 0 aromatic rings. The highest BCUT2D eigenvalue weighted by atomic mass is 19.4. The summed E-state index contributed by atoms with van der Waals surface area (Å²) in [6.45, 7) is 2.57. The second-order valence-electron chi connectivity index (χ2n) is 4.33. The van der Waals surface area contributed by atoms with Crippen LogP contribution in [0.2, 0.25) is 0 Å². The summed E-state index contributed by atoms with van der Waals surface area (Å²) in [6.07, 6.45) is -4.46. The van der Waals surface area contributed by atoms with E-state index in [1.165, 1.54) is 7.05 Å². The Labute approximate surface area is 104 Å². The molecule has 2 N–H and O–H groups in total. The normalized spacial score (nSPS) is 11.3. The SMILES string of the molecule is CC(C)CNC(=O)CN(C)C(=O)NCC(F)(F)F. The molecule has 8 heteroatoms. The van der Waals surface area contributed by atoms with E-state index in [-0.39, 0.29) is 12.5 Å². The number of hydrogen-bond acceptors (Lipinski definition) is 2. The minimum absolute atomic E-state index is 0.262. The van der Waals surface area contributed by atoms with Crippen molar-refractivity contribution >= 4 is 11.9 Å². The first-order chi connectivity index (χ1) is 8.11. The number of carbonyl (C=O) groups excluding carboxylic acids is 2. The molecule has 18 heavy (non-hydrogen) atoms. The maximum Gasteiger partial charge on any atom is 0.405 e. The van der Waals surface area contributed by atoms with Crippen molar-refractivity contribution < 1.29 is 22.8 Å². The molecular weight excluding hydrogens is 251 g/mol. The molecule has 106 valence electrons. The lowest BCUT2D eigenvalue weighted by Crippen LogP contribution is -2.46. The van der Waals surface area contributed by atoms with Crippen LogP contribution >= 0.6 is 0 Å². The monoisotopic (exact) mass is 269 g/mol. The minimum Gasteiger partial charge on any atom is -0.354 e. The van der Waals surface area contributed by atoms with E-state index in [1.54, 1.807) is 5.32 Å². The molecule has 0 atom stereocenters. The minimum atomic E-state index is -4.46. The number of alkyl halides is 3. The highest BCUT2D eigenvalue weighted by Crippen LogP contribution is 2.12. The Balaban J connectivity index is 3.97. The Morgan fingerprint density at radius 3 is 2.22 bits per heavy atom. The van der Waals surface area contributed by atoms with Gasteiger partial charge in [0.05, 0.1) is 0 Å². The summed E-state index contributed by atoms with van der Waals surface area (Å²) in [5.74, 6) is -0.147. The Morgan fingerprint density at radius 1 is 1.22 bits per heavy atom. The zero-order chi connectivity index (χ0) is 14.3. The highest BCUT2D eigenvalue weighted by Gasteiger charge is 2.28. The van der Waals surface area contributed by atoms with Crippen LogP contribution in [0.5, 0.6) is 0 Å². The molecule has 0 aliphatic heterocycles. The first kappa shape index (κ1) is 16.5. The molecule has 0 saturated carbocycles. The largest absolute Gasteiger partial charge is 0.405 e. The van der Waals surface area contributed by atoms with Crippen LogP contribution in [0.3, 0.4) is 0 Å². The maximum absolute atomic E-state index is 11.8. The van der Waals surface area contributed by atoms with Gasteiger partial charge in [-0.05, 0) is 5.92 Å². The van der Waals surface area contributed by atoms with E-state index in [2.05, 4.69) is 5.32 Å². The molecule has 0 aliphatic rings. The fraction of sp³-hybridized carbons (Fsp3) is 0.800. The maximum atomic E-state index is 11.8. The molecule has 0 fully saturated rings. The number of hydrogen-bond donors (Lipinski definition) is 2. The quantitative estimate of drug-likeness (QED) is 0.781. The smallest absolute Gasteiger partial charge is 0.354 e. The molecular formula is C10H18F3N3O2. The number of nitrogens with one attached hydrogen (secondary N) is 2.